The highest BCUT2D eigenvalue weighted by Gasteiger charge is 2.01. The number of aliphatic hydroxyl groups is 1. The Bertz CT molecular complexity index is 233. The largest absolute Gasteiger partial charge is 0.392 e. The van der Waals surface area contributed by atoms with Crippen molar-refractivity contribution in [1.29, 1.82) is 0 Å². The minimum atomic E-state index is -0.957. The highest BCUT2D eigenvalue weighted by atomic mass is 19.1. The van der Waals surface area contributed by atoms with E-state index < -0.39 is 6.17 Å². The Morgan fingerprint density at radius 2 is 2.27 bits per heavy atom. The van der Waals surface area contributed by atoms with E-state index in [2.05, 4.69) is 0 Å². The summed E-state index contributed by atoms with van der Waals surface area (Å²) in [4.78, 5) is 0. The molecule has 1 N–H and O–H groups in total. The first kappa shape index (κ1) is 8.21. The predicted octanol–water partition coefficient (Wildman–Crippen LogP) is 2.21. The van der Waals surface area contributed by atoms with Crippen LogP contribution in [0.25, 0.3) is 0 Å². The first-order valence-electron chi connectivity index (χ1n) is 3.58. The summed E-state index contributed by atoms with van der Waals surface area (Å²) in [6, 6.07) is 6.90. The molecule has 1 rings (SSSR count). The summed E-state index contributed by atoms with van der Waals surface area (Å²) in [5.74, 6) is 0. The summed E-state index contributed by atoms with van der Waals surface area (Å²) in [7, 11) is 0. The molecular weight excluding hydrogens is 143 g/mol. The molecule has 0 fully saturated rings. The van der Waals surface area contributed by atoms with E-state index >= 15 is 0 Å². The van der Waals surface area contributed by atoms with Gasteiger partial charge in [-0.05, 0) is 18.1 Å². The topological polar surface area (TPSA) is 20.2 Å². The molecule has 0 saturated carbocycles. The molecule has 1 nitrogen and oxygen atoms in total. The van der Waals surface area contributed by atoms with Gasteiger partial charge in [-0.2, -0.15) is 0 Å². The molecule has 1 aromatic carbocycles. The molecule has 0 saturated heterocycles. The number of hydrogen-bond acceptors (Lipinski definition) is 1. The van der Waals surface area contributed by atoms with Gasteiger partial charge in [0.05, 0.1) is 6.61 Å². The maximum atomic E-state index is 12.7. The van der Waals surface area contributed by atoms with Crippen LogP contribution in [0.2, 0.25) is 0 Å². The quantitative estimate of drug-likeness (QED) is 0.692. The second kappa shape index (κ2) is 3.49. The van der Waals surface area contributed by atoms with E-state index in [-0.39, 0.29) is 6.61 Å². The van der Waals surface area contributed by atoms with Gasteiger partial charge >= 0.3 is 0 Å². The van der Waals surface area contributed by atoms with E-state index in [0.29, 0.717) is 5.56 Å². The van der Waals surface area contributed by atoms with Crippen molar-refractivity contribution in [3.05, 3.63) is 35.4 Å². The fourth-order valence-corrected chi connectivity index (χ4v) is 0.939. The van der Waals surface area contributed by atoms with Gasteiger partial charge in [0.25, 0.3) is 0 Å². The number of halogens is 1. The van der Waals surface area contributed by atoms with Gasteiger partial charge in [0.15, 0.2) is 0 Å². The first-order valence-corrected chi connectivity index (χ1v) is 3.58. The molecule has 11 heavy (non-hydrogen) atoms. The lowest BCUT2D eigenvalue weighted by Gasteiger charge is -2.02. The van der Waals surface area contributed by atoms with Crippen LogP contribution in [-0.2, 0) is 6.61 Å². The molecular formula is C9H11FO. The van der Waals surface area contributed by atoms with Crippen LogP contribution in [-0.4, -0.2) is 5.11 Å². The Hall–Kier alpha value is -0.890. The summed E-state index contributed by atoms with van der Waals surface area (Å²) in [6.45, 7) is 1.46. The highest BCUT2D eigenvalue weighted by molar-refractivity contribution is 5.24. The lowest BCUT2D eigenvalue weighted by atomic mass is 10.1. The zero-order valence-electron chi connectivity index (χ0n) is 6.42. The second-order valence-corrected chi connectivity index (χ2v) is 2.52. The fraction of sp³-hybridized carbons (Fsp3) is 0.333. The number of hydrogen-bond donors (Lipinski definition) is 1. The summed E-state index contributed by atoms with van der Waals surface area (Å²) in [5, 5.41) is 8.72. The fourth-order valence-electron chi connectivity index (χ4n) is 0.939. The summed E-state index contributed by atoms with van der Waals surface area (Å²) < 4.78 is 12.7. The Balaban J connectivity index is 2.91. The predicted molar refractivity (Wildman–Crippen MR) is 41.9 cm³/mol. The number of aliphatic hydroxyl groups excluding tert-OH is 1. The van der Waals surface area contributed by atoms with E-state index in [4.69, 9.17) is 5.11 Å². The Labute approximate surface area is 65.5 Å². The zero-order chi connectivity index (χ0) is 8.27. The van der Waals surface area contributed by atoms with Crippen molar-refractivity contribution in [2.75, 3.05) is 0 Å². The van der Waals surface area contributed by atoms with Crippen molar-refractivity contribution in [3.8, 4) is 0 Å². The first-order chi connectivity index (χ1) is 5.24. The van der Waals surface area contributed by atoms with Gasteiger partial charge in [-0.1, -0.05) is 24.3 Å². The van der Waals surface area contributed by atoms with Crippen molar-refractivity contribution in [3.63, 3.8) is 0 Å². The molecule has 0 aliphatic rings. The Morgan fingerprint density at radius 1 is 1.55 bits per heavy atom. The molecule has 1 unspecified atom stereocenters. The van der Waals surface area contributed by atoms with Crippen LogP contribution in [0.1, 0.15) is 24.2 Å². The molecule has 60 valence electrons. The van der Waals surface area contributed by atoms with E-state index in [1.165, 1.54) is 6.92 Å². The summed E-state index contributed by atoms with van der Waals surface area (Å²) >= 11 is 0. The molecule has 0 heterocycles. The van der Waals surface area contributed by atoms with Gasteiger partial charge in [0.1, 0.15) is 6.17 Å². The van der Waals surface area contributed by atoms with Crippen molar-refractivity contribution in [1.82, 2.24) is 0 Å². The lowest BCUT2D eigenvalue weighted by molar-refractivity contribution is 0.281. The molecule has 0 aliphatic heterocycles. The maximum Gasteiger partial charge on any atom is 0.122 e. The zero-order valence-corrected chi connectivity index (χ0v) is 6.42. The van der Waals surface area contributed by atoms with E-state index in [0.717, 1.165) is 5.56 Å². The van der Waals surface area contributed by atoms with Gasteiger partial charge in [0.2, 0.25) is 0 Å². The van der Waals surface area contributed by atoms with Crippen molar-refractivity contribution >= 4 is 0 Å². The van der Waals surface area contributed by atoms with Crippen LogP contribution in [0.15, 0.2) is 24.3 Å². The van der Waals surface area contributed by atoms with Crippen LogP contribution < -0.4 is 0 Å². The lowest BCUT2D eigenvalue weighted by Crippen LogP contribution is -1.88. The van der Waals surface area contributed by atoms with E-state index in [9.17, 15) is 4.39 Å². The van der Waals surface area contributed by atoms with Crippen LogP contribution in [0.5, 0.6) is 0 Å². The molecule has 1 atom stereocenters. The van der Waals surface area contributed by atoms with E-state index in [1.54, 1.807) is 24.3 Å². The SMILES string of the molecule is CC(F)c1cccc(CO)c1. The Morgan fingerprint density at radius 3 is 2.82 bits per heavy atom. The van der Waals surface area contributed by atoms with Crippen molar-refractivity contribution in [2.24, 2.45) is 0 Å². The van der Waals surface area contributed by atoms with Gasteiger partial charge in [-0.3, -0.25) is 0 Å². The molecule has 0 bridgehead atoms. The molecule has 0 aliphatic carbocycles. The van der Waals surface area contributed by atoms with Crippen LogP contribution in [0.3, 0.4) is 0 Å². The third kappa shape index (κ3) is 2.02. The average Bonchev–Trinajstić information content (AvgIpc) is 2.05. The molecule has 0 radical (unpaired) electrons. The monoisotopic (exact) mass is 154 g/mol. The maximum absolute atomic E-state index is 12.7. The van der Waals surface area contributed by atoms with Gasteiger partial charge in [-0.15, -0.1) is 0 Å². The number of alkyl halides is 1. The molecule has 2 heteroatoms. The summed E-state index contributed by atoms with van der Waals surface area (Å²) in [5.41, 5.74) is 1.38. The van der Waals surface area contributed by atoms with Crippen LogP contribution in [0.4, 0.5) is 4.39 Å². The van der Waals surface area contributed by atoms with Crippen LogP contribution >= 0.6 is 0 Å². The minimum absolute atomic E-state index is 0.0272. The van der Waals surface area contributed by atoms with E-state index in [1.807, 2.05) is 0 Å². The van der Waals surface area contributed by atoms with Crippen LogP contribution in [0, 0.1) is 0 Å². The van der Waals surface area contributed by atoms with Crippen molar-refractivity contribution < 1.29 is 9.50 Å². The molecule has 0 spiro atoms. The molecule has 0 amide bonds. The average molecular weight is 154 g/mol. The number of benzene rings is 1. The summed E-state index contributed by atoms with van der Waals surface area (Å²) in [6.07, 6.45) is -0.957. The smallest absolute Gasteiger partial charge is 0.122 e. The standard InChI is InChI=1S/C9H11FO/c1-7(10)9-4-2-3-8(5-9)6-11/h2-5,7,11H,6H2,1H3. The third-order valence-corrected chi connectivity index (χ3v) is 1.59. The van der Waals surface area contributed by atoms with Gasteiger partial charge in [0, 0.05) is 0 Å². The third-order valence-electron chi connectivity index (χ3n) is 1.59. The number of rotatable bonds is 2. The van der Waals surface area contributed by atoms with Crippen molar-refractivity contribution in [2.45, 2.75) is 19.7 Å². The normalized spacial score (nSPS) is 13.0. The second-order valence-electron chi connectivity index (χ2n) is 2.52. The molecule has 1 aromatic rings. The minimum Gasteiger partial charge on any atom is -0.392 e. The Kier molecular flexibility index (Phi) is 2.60. The van der Waals surface area contributed by atoms with Gasteiger partial charge in [-0.25, -0.2) is 4.39 Å². The highest BCUT2D eigenvalue weighted by Crippen LogP contribution is 2.17. The van der Waals surface area contributed by atoms with Gasteiger partial charge < -0.3 is 5.11 Å². The molecule has 0 aromatic heterocycles.